The van der Waals surface area contributed by atoms with Gasteiger partial charge in [-0.25, -0.2) is 14.6 Å². The van der Waals surface area contributed by atoms with Gasteiger partial charge >= 0.3 is 12.0 Å². The Balaban J connectivity index is 1.75. The number of ether oxygens (including phenoxy) is 1. The Morgan fingerprint density at radius 2 is 2.40 bits per heavy atom. The maximum absolute atomic E-state index is 11.9. The van der Waals surface area contributed by atoms with Gasteiger partial charge in [0.15, 0.2) is 11.9 Å². The van der Waals surface area contributed by atoms with Crippen LogP contribution in [0.5, 0.6) is 0 Å². The van der Waals surface area contributed by atoms with Gasteiger partial charge in [-0.3, -0.25) is 4.68 Å². The summed E-state index contributed by atoms with van der Waals surface area (Å²) in [7, 11) is 1.77. The number of carboxylic acid groups (broad SMARTS) is 1. The van der Waals surface area contributed by atoms with Crippen LogP contribution in [0.1, 0.15) is 5.82 Å². The Morgan fingerprint density at radius 3 is 3.05 bits per heavy atom. The molecule has 1 fully saturated rings. The van der Waals surface area contributed by atoms with E-state index in [0.717, 1.165) is 0 Å². The lowest BCUT2D eigenvalue weighted by Gasteiger charge is -2.30. The first kappa shape index (κ1) is 14.3. The lowest BCUT2D eigenvalue weighted by Crippen LogP contribution is -2.52. The van der Waals surface area contributed by atoms with E-state index in [1.165, 1.54) is 4.90 Å². The molecule has 1 aromatic heterocycles. The van der Waals surface area contributed by atoms with Crippen LogP contribution in [0.3, 0.4) is 0 Å². The summed E-state index contributed by atoms with van der Waals surface area (Å²) >= 11 is 0. The Kier molecular flexibility index (Phi) is 4.51. The van der Waals surface area contributed by atoms with Crippen LogP contribution in [0, 0.1) is 0 Å². The van der Waals surface area contributed by atoms with Crippen molar-refractivity contribution in [1.29, 1.82) is 0 Å². The van der Waals surface area contributed by atoms with Crippen LogP contribution in [0.15, 0.2) is 6.33 Å². The van der Waals surface area contributed by atoms with Crippen LogP contribution >= 0.6 is 0 Å². The number of carbonyl (C=O) groups is 2. The number of hydrogen-bond donors (Lipinski definition) is 2. The molecule has 0 radical (unpaired) electrons. The van der Waals surface area contributed by atoms with Crippen molar-refractivity contribution in [3.63, 3.8) is 0 Å². The molecule has 2 N–H and O–H groups in total. The van der Waals surface area contributed by atoms with Crippen molar-refractivity contribution in [3.8, 4) is 0 Å². The summed E-state index contributed by atoms with van der Waals surface area (Å²) < 4.78 is 6.65. The monoisotopic (exact) mass is 283 g/mol. The number of amides is 2. The topological polar surface area (TPSA) is 110 Å². The normalized spacial score (nSPS) is 18.9. The number of nitrogens with zero attached hydrogens (tertiary/aromatic N) is 4. The number of carbonyl (C=O) groups excluding carboxylic acids is 1. The highest BCUT2D eigenvalue weighted by atomic mass is 16.5. The molecule has 2 rings (SSSR count). The fourth-order valence-corrected chi connectivity index (χ4v) is 1.87. The van der Waals surface area contributed by atoms with Crippen molar-refractivity contribution in [2.45, 2.75) is 12.5 Å². The quantitative estimate of drug-likeness (QED) is 0.722. The van der Waals surface area contributed by atoms with Crippen LogP contribution < -0.4 is 5.32 Å². The molecule has 9 nitrogen and oxygen atoms in total. The second-order valence-electron chi connectivity index (χ2n) is 4.46. The number of morpholine rings is 1. The first-order valence-electron chi connectivity index (χ1n) is 6.28. The summed E-state index contributed by atoms with van der Waals surface area (Å²) in [6, 6.07) is -0.296. The molecular weight excluding hydrogens is 266 g/mol. The minimum atomic E-state index is -1.06. The maximum atomic E-state index is 11.9. The molecule has 1 saturated heterocycles. The number of hydrogen-bond acceptors (Lipinski definition) is 5. The minimum absolute atomic E-state index is 0.0585. The van der Waals surface area contributed by atoms with Crippen LogP contribution in [-0.4, -0.2) is 69.1 Å². The zero-order chi connectivity index (χ0) is 14.5. The van der Waals surface area contributed by atoms with Crippen molar-refractivity contribution in [1.82, 2.24) is 25.0 Å². The summed E-state index contributed by atoms with van der Waals surface area (Å²) in [4.78, 5) is 28.2. The summed E-state index contributed by atoms with van der Waals surface area (Å²) in [6.07, 6.45) is 1.17. The number of carboxylic acids is 1. The predicted molar refractivity (Wildman–Crippen MR) is 67.1 cm³/mol. The second-order valence-corrected chi connectivity index (χ2v) is 4.46. The Morgan fingerprint density at radius 1 is 1.60 bits per heavy atom. The first-order chi connectivity index (χ1) is 9.56. The molecule has 9 heteroatoms. The largest absolute Gasteiger partial charge is 0.479 e. The summed E-state index contributed by atoms with van der Waals surface area (Å²) in [5.74, 6) is -0.404. The van der Waals surface area contributed by atoms with E-state index in [4.69, 9.17) is 9.84 Å². The molecule has 0 bridgehead atoms. The van der Waals surface area contributed by atoms with Crippen molar-refractivity contribution >= 4 is 12.0 Å². The predicted octanol–water partition coefficient (Wildman–Crippen LogP) is -1.15. The van der Waals surface area contributed by atoms with Crippen LogP contribution in [0.4, 0.5) is 4.79 Å². The van der Waals surface area contributed by atoms with E-state index in [0.29, 0.717) is 25.3 Å². The second kappa shape index (κ2) is 6.33. The van der Waals surface area contributed by atoms with Gasteiger partial charge in [0, 0.05) is 26.6 Å². The standard InChI is InChI=1S/C11H17N5O4/c1-15-7-13-9(14-15)2-3-12-11(19)16-4-5-20-8(6-16)10(17)18/h7-8H,2-6H2,1H3,(H,12,19)(H,17,18). The van der Waals surface area contributed by atoms with E-state index in [1.807, 2.05) is 0 Å². The number of aliphatic carboxylic acids is 1. The van der Waals surface area contributed by atoms with Gasteiger partial charge in [0.25, 0.3) is 0 Å². The van der Waals surface area contributed by atoms with Gasteiger partial charge in [0.2, 0.25) is 0 Å². The number of aromatic nitrogens is 3. The summed E-state index contributed by atoms with van der Waals surface area (Å²) in [6.45, 7) is 1.07. The van der Waals surface area contributed by atoms with E-state index in [-0.39, 0.29) is 19.2 Å². The van der Waals surface area contributed by atoms with Crippen molar-refractivity contribution in [2.75, 3.05) is 26.2 Å². The maximum Gasteiger partial charge on any atom is 0.334 e. The third kappa shape index (κ3) is 3.67. The number of nitrogens with one attached hydrogen (secondary N) is 1. The van der Waals surface area contributed by atoms with Gasteiger partial charge in [-0.05, 0) is 0 Å². The van der Waals surface area contributed by atoms with Gasteiger partial charge < -0.3 is 20.1 Å². The highest BCUT2D eigenvalue weighted by molar-refractivity contribution is 5.77. The molecule has 2 heterocycles. The summed E-state index contributed by atoms with van der Waals surface area (Å²) in [5, 5.41) is 15.7. The first-order valence-corrected chi connectivity index (χ1v) is 6.28. The number of urea groups is 1. The van der Waals surface area contributed by atoms with Gasteiger partial charge in [-0.1, -0.05) is 0 Å². The zero-order valence-corrected chi connectivity index (χ0v) is 11.2. The lowest BCUT2D eigenvalue weighted by atomic mass is 10.3. The van der Waals surface area contributed by atoms with Gasteiger partial charge in [-0.2, -0.15) is 5.10 Å². The van der Waals surface area contributed by atoms with Crippen LogP contribution in [0.25, 0.3) is 0 Å². The van der Waals surface area contributed by atoms with Crippen LogP contribution in [-0.2, 0) is 23.0 Å². The molecular formula is C11H17N5O4. The average Bonchev–Trinajstić information content (AvgIpc) is 2.84. The van der Waals surface area contributed by atoms with Crippen LogP contribution in [0.2, 0.25) is 0 Å². The molecule has 1 atom stereocenters. The Bertz CT molecular complexity index is 489. The third-order valence-corrected chi connectivity index (χ3v) is 2.90. The Labute approximate surface area is 115 Å². The van der Waals surface area contributed by atoms with Gasteiger partial charge in [0.05, 0.1) is 13.2 Å². The third-order valence-electron chi connectivity index (χ3n) is 2.90. The van der Waals surface area contributed by atoms with E-state index in [9.17, 15) is 9.59 Å². The van der Waals surface area contributed by atoms with Crippen molar-refractivity contribution in [2.24, 2.45) is 7.05 Å². The Hall–Kier alpha value is -2.16. The fraction of sp³-hybridized carbons (Fsp3) is 0.636. The van der Waals surface area contributed by atoms with E-state index in [2.05, 4.69) is 15.4 Å². The molecule has 0 aliphatic carbocycles. The van der Waals surface area contributed by atoms with E-state index in [1.54, 1.807) is 18.1 Å². The smallest absolute Gasteiger partial charge is 0.334 e. The molecule has 1 aliphatic heterocycles. The number of aryl methyl sites for hydroxylation is 1. The summed E-state index contributed by atoms with van der Waals surface area (Å²) in [5.41, 5.74) is 0. The SMILES string of the molecule is Cn1cnc(CCNC(=O)N2CCOC(C(=O)O)C2)n1. The molecule has 0 aromatic carbocycles. The fourth-order valence-electron chi connectivity index (χ4n) is 1.87. The lowest BCUT2D eigenvalue weighted by molar-refractivity contribution is -0.154. The molecule has 2 amide bonds. The number of rotatable bonds is 4. The van der Waals surface area contributed by atoms with Gasteiger partial charge in [-0.15, -0.1) is 0 Å². The van der Waals surface area contributed by atoms with E-state index < -0.39 is 12.1 Å². The molecule has 20 heavy (non-hydrogen) atoms. The van der Waals surface area contributed by atoms with E-state index >= 15 is 0 Å². The minimum Gasteiger partial charge on any atom is -0.479 e. The average molecular weight is 283 g/mol. The zero-order valence-electron chi connectivity index (χ0n) is 11.2. The highest BCUT2D eigenvalue weighted by Crippen LogP contribution is 2.05. The highest BCUT2D eigenvalue weighted by Gasteiger charge is 2.28. The molecule has 110 valence electrons. The molecule has 0 spiro atoms. The van der Waals surface area contributed by atoms with Crippen molar-refractivity contribution in [3.05, 3.63) is 12.2 Å². The van der Waals surface area contributed by atoms with Gasteiger partial charge in [0.1, 0.15) is 6.33 Å². The molecule has 1 aliphatic rings. The van der Waals surface area contributed by atoms with Crippen molar-refractivity contribution < 1.29 is 19.4 Å². The molecule has 1 unspecified atom stereocenters. The molecule has 0 saturated carbocycles. The molecule has 1 aromatic rings.